The molecule has 0 unspecified atom stereocenters. The number of hydrogen-bond acceptors (Lipinski definition) is 5. The second-order valence-electron chi connectivity index (χ2n) is 7.71. The first-order valence-corrected chi connectivity index (χ1v) is 12.4. The van der Waals surface area contributed by atoms with Gasteiger partial charge in [-0.25, -0.2) is 4.98 Å². The Morgan fingerprint density at radius 3 is 2.66 bits per heavy atom. The van der Waals surface area contributed by atoms with Gasteiger partial charge in [0, 0.05) is 24.0 Å². The monoisotopic (exact) mass is 481 g/mol. The Bertz CT molecular complexity index is 1280. The summed E-state index contributed by atoms with van der Waals surface area (Å²) in [6.07, 6.45) is 1.73. The van der Waals surface area contributed by atoms with Crippen molar-refractivity contribution in [3.8, 4) is 0 Å². The number of likely N-dealkylation sites (tertiary alicyclic amines) is 1. The van der Waals surface area contributed by atoms with Gasteiger partial charge in [-0.1, -0.05) is 29.8 Å². The molecule has 1 N–H and O–H groups in total. The average molecular weight is 482 g/mol. The van der Waals surface area contributed by atoms with Gasteiger partial charge >= 0.3 is 0 Å². The summed E-state index contributed by atoms with van der Waals surface area (Å²) in [7, 11) is 0. The van der Waals surface area contributed by atoms with Gasteiger partial charge in [0.1, 0.15) is 0 Å². The molecule has 8 heteroatoms. The largest absolute Gasteiger partial charge is 0.339 e. The number of para-hydroxylation sites is 1. The summed E-state index contributed by atoms with van der Waals surface area (Å²) in [6.45, 7) is 1.32. The van der Waals surface area contributed by atoms with Gasteiger partial charge in [0.15, 0.2) is 0 Å². The quantitative estimate of drug-likeness (QED) is 0.373. The number of thiophene rings is 1. The molecular weight excluding hydrogens is 462 g/mol. The number of nitrogens with zero attached hydrogens (tertiary/aromatic N) is 2. The van der Waals surface area contributed by atoms with E-state index in [1.807, 2.05) is 46.7 Å². The Morgan fingerprint density at radius 1 is 1.06 bits per heavy atom. The first-order chi connectivity index (χ1) is 15.6. The lowest BCUT2D eigenvalue weighted by Crippen LogP contribution is -2.38. The summed E-state index contributed by atoms with van der Waals surface area (Å²) >= 11 is 9.17. The normalized spacial score (nSPS) is 14.6. The van der Waals surface area contributed by atoms with Crippen LogP contribution < -0.4 is 5.32 Å². The number of carbonyl (C=O) groups is 2. The number of amides is 2. The highest BCUT2D eigenvalue weighted by molar-refractivity contribution is 7.18. The fraction of sp³-hybridized carbons (Fsp3) is 0.208. The lowest BCUT2D eigenvalue weighted by Gasteiger charge is -2.31. The fourth-order valence-corrected chi connectivity index (χ4v) is 5.87. The molecule has 162 valence electrons. The number of rotatable bonds is 4. The number of carbonyl (C=O) groups excluding carboxylic acids is 2. The molecule has 0 spiro atoms. The van der Waals surface area contributed by atoms with E-state index in [-0.39, 0.29) is 11.8 Å². The molecule has 2 amide bonds. The number of anilines is 1. The van der Waals surface area contributed by atoms with Crippen molar-refractivity contribution < 1.29 is 9.59 Å². The lowest BCUT2D eigenvalue weighted by atomic mass is 9.97. The zero-order valence-electron chi connectivity index (χ0n) is 17.1. The van der Waals surface area contributed by atoms with Gasteiger partial charge in [0.25, 0.3) is 11.8 Å². The van der Waals surface area contributed by atoms with Crippen LogP contribution in [0.15, 0.2) is 60.0 Å². The Hall–Kier alpha value is -2.74. The Labute approximate surface area is 198 Å². The van der Waals surface area contributed by atoms with Crippen LogP contribution in [0.25, 0.3) is 10.2 Å². The number of halogens is 1. The number of aromatic nitrogens is 1. The van der Waals surface area contributed by atoms with Crippen molar-refractivity contribution in [1.29, 1.82) is 0 Å². The number of benzene rings is 2. The summed E-state index contributed by atoms with van der Waals surface area (Å²) in [5.41, 5.74) is 2.00. The maximum Gasteiger partial charge on any atom is 0.265 e. The van der Waals surface area contributed by atoms with Crippen molar-refractivity contribution in [2.75, 3.05) is 18.4 Å². The van der Waals surface area contributed by atoms with E-state index < -0.39 is 0 Å². The molecule has 4 aromatic rings. The van der Waals surface area contributed by atoms with Gasteiger partial charge < -0.3 is 10.2 Å². The van der Waals surface area contributed by atoms with Crippen LogP contribution in [0, 0.1) is 0 Å². The molecule has 5 nitrogen and oxygen atoms in total. The molecule has 0 aliphatic carbocycles. The second kappa shape index (κ2) is 9.02. The first-order valence-electron chi connectivity index (χ1n) is 10.4. The summed E-state index contributed by atoms with van der Waals surface area (Å²) in [5.74, 6) is 0.0838. The topological polar surface area (TPSA) is 62.3 Å². The third kappa shape index (κ3) is 4.28. The van der Waals surface area contributed by atoms with E-state index in [2.05, 4.69) is 5.32 Å². The molecule has 2 aromatic heterocycles. The van der Waals surface area contributed by atoms with Gasteiger partial charge in [-0.3, -0.25) is 9.59 Å². The minimum atomic E-state index is -0.199. The van der Waals surface area contributed by atoms with Gasteiger partial charge in [-0.2, -0.15) is 0 Å². The average Bonchev–Trinajstić information content (AvgIpc) is 3.49. The van der Waals surface area contributed by atoms with Crippen molar-refractivity contribution in [1.82, 2.24) is 9.88 Å². The highest BCUT2D eigenvalue weighted by atomic mass is 35.5. The standard InChI is InChI=1S/C24H20ClN3O2S2/c25-16-7-8-20-19(14-16)27-23(32-20)15-9-11-28(12-10-15)24(30)17-4-1-2-5-18(17)26-22(29)21-6-3-13-31-21/h1-8,13-15H,9-12H2,(H,26,29). The maximum atomic E-state index is 13.3. The van der Waals surface area contributed by atoms with Gasteiger partial charge in [0.2, 0.25) is 0 Å². The lowest BCUT2D eigenvalue weighted by molar-refractivity contribution is 0.0714. The van der Waals surface area contributed by atoms with Crippen LogP contribution in [-0.2, 0) is 0 Å². The summed E-state index contributed by atoms with van der Waals surface area (Å²) < 4.78 is 1.14. The van der Waals surface area contributed by atoms with Crippen molar-refractivity contribution in [2.45, 2.75) is 18.8 Å². The molecule has 0 saturated carbocycles. The molecule has 32 heavy (non-hydrogen) atoms. The van der Waals surface area contributed by atoms with Crippen molar-refractivity contribution in [3.63, 3.8) is 0 Å². The van der Waals surface area contributed by atoms with E-state index in [4.69, 9.17) is 16.6 Å². The first kappa shape index (κ1) is 21.1. The van der Waals surface area contributed by atoms with Crippen molar-refractivity contribution >= 4 is 62.0 Å². The van der Waals surface area contributed by atoms with E-state index in [0.717, 1.165) is 28.1 Å². The van der Waals surface area contributed by atoms with Crippen LogP contribution in [0.5, 0.6) is 0 Å². The zero-order chi connectivity index (χ0) is 22.1. The molecule has 1 aliphatic heterocycles. The van der Waals surface area contributed by atoms with Crippen molar-refractivity contribution in [2.24, 2.45) is 0 Å². The third-order valence-corrected chi connectivity index (χ3v) is 7.95. The Kier molecular flexibility index (Phi) is 5.95. The van der Waals surface area contributed by atoms with E-state index in [9.17, 15) is 9.59 Å². The van der Waals surface area contributed by atoms with Crippen LogP contribution >= 0.6 is 34.3 Å². The molecule has 0 bridgehead atoms. The van der Waals surface area contributed by atoms with Gasteiger partial charge in [-0.05, 0) is 54.6 Å². The highest BCUT2D eigenvalue weighted by Gasteiger charge is 2.28. The fourth-order valence-electron chi connectivity index (χ4n) is 3.96. The summed E-state index contributed by atoms with van der Waals surface area (Å²) in [6, 6.07) is 16.6. The molecule has 1 saturated heterocycles. The molecule has 0 atom stereocenters. The second-order valence-corrected chi connectivity index (χ2v) is 10.2. The number of piperidine rings is 1. The summed E-state index contributed by atoms with van der Waals surface area (Å²) in [5, 5.41) is 6.55. The predicted molar refractivity (Wildman–Crippen MR) is 131 cm³/mol. The zero-order valence-corrected chi connectivity index (χ0v) is 19.5. The SMILES string of the molecule is O=C(Nc1ccccc1C(=O)N1CCC(c2nc3cc(Cl)ccc3s2)CC1)c1cccs1. The number of hydrogen-bond donors (Lipinski definition) is 1. The smallest absolute Gasteiger partial charge is 0.265 e. The maximum absolute atomic E-state index is 13.3. The van der Waals surface area contributed by atoms with Gasteiger partial charge in [-0.15, -0.1) is 22.7 Å². The number of nitrogens with one attached hydrogen (secondary N) is 1. The number of thiazole rings is 1. The van der Waals surface area contributed by atoms with Gasteiger partial charge in [0.05, 0.1) is 31.4 Å². The van der Waals surface area contributed by atoms with Crippen molar-refractivity contribution in [3.05, 3.63) is 80.4 Å². The van der Waals surface area contributed by atoms with Crippen LogP contribution in [0.1, 0.15) is 43.8 Å². The minimum Gasteiger partial charge on any atom is -0.339 e. The molecule has 1 fully saturated rings. The third-order valence-electron chi connectivity index (χ3n) is 5.65. The molecule has 1 aliphatic rings. The Morgan fingerprint density at radius 2 is 1.88 bits per heavy atom. The molecule has 2 aromatic carbocycles. The molecule has 5 rings (SSSR count). The number of fused-ring (bicyclic) bond motifs is 1. The van der Waals surface area contributed by atoms with E-state index in [1.54, 1.807) is 29.5 Å². The molecule has 3 heterocycles. The van der Waals surface area contributed by atoms with E-state index >= 15 is 0 Å². The van der Waals surface area contributed by atoms with Crippen LogP contribution in [0.3, 0.4) is 0 Å². The molecular formula is C24H20ClN3O2S2. The molecule has 0 radical (unpaired) electrons. The predicted octanol–water partition coefficient (Wildman–Crippen LogP) is 6.28. The summed E-state index contributed by atoms with van der Waals surface area (Å²) in [4.78, 5) is 33.0. The highest BCUT2D eigenvalue weighted by Crippen LogP contribution is 2.35. The van der Waals surface area contributed by atoms with Crippen LogP contribution in [0.2, 0.25) is 5.02 Å². The van der Waals surface area contributed by atoms with Crippen LogP contribution in [0.4, 0.5) is 5.69 Å². The van der Waals surface area contributed by atoms with E-state index in [0.29, 0.717) is 40.2 Å². The van der Waals surface area contributed by atoms with Crippen LogP contribution in [-0.4, -0.2) is 34.8 Å². The Balaban J connectivity index is 1.28. The minimum absolute atomic E-state index is 0.0541. The van der Waals surface area contributed by atoms with E-state index in [1.165, 1.54) is 11.3 Å².